The normalized spacial score (nSPS) is 18.4. The van der Waals surface area contributed by atoms with E-state index in [2.05, 4.69) is 72.2 Å². The van der Waals surface area contributed by atoms with Crippen molar-refractivity contribution in [2.75, 3.05) is 23.9 Å². The first kappa shape index (κ1) is 13.2. The Hall–Kier alpha value is -0.800. The zero-order valence-electron chi connectivity index (χ0n) is 11.4. The molecule has 1 N–H and O–H groups in total. The topological polar surface area (TPSA) is 12.0 Å². The van der Waals surface area contributed by atoms with Crippen molar-refractivity contribution in [3.8, 4) is 0 Å². The van der Waals surface area contributed by atoms with Gasteiger partial charge in [0.2, 0.25) is 0 Å². The van der Waals surface area contributed by atoms with E-state index in [-0.39, 0.29) is 4.08 Å². The fraction of sp³-hybridized carbons (Fsp3) is 0.375. The highest BCUT2D eigenvalue weighted by Crippen LogP contribution is 2.50. The first-order valence-electron chi connectivity index (χ1n) is 6.71. The fourth-order valence-corrected chi connectivity index (χ4v) is 5.44. The Bertz CT molecular complexity index is 588. The summed E-state index contributed by atoms with van der Waals surface area (Å²) in [5.41, 5.74) is 2.62. The summed E-state index contributed by atoms with van der Waals surface area (Å²) in [6.07, 6.45) is 1.34. The summed E-state index contributed by atoms with van der Waals surface area (Å²) in [6.45, 7) is 2.37. The van der Waals surface area contributed by atoms with E-state index >= 15 is 0 Å². The lowest BCUT2D eigenvalue weighted by atomic mass is 10.0. The van der Waals surface area contributed by atoms with Gasteiger partial charge in [0.1, 0.15) is 0 Å². The molecule has 2 aromatic carbocycles. The van der Waals surface area contributed by atoms with Gasteiger partial charge in [-0.2, -0.15) is 0 Å². The molecule has 1 aliphatic heterocycles. The van der Waals surface area contributed by atoms with Crippen LogP contribution in [0, 0.1) is 0 Å². The number of thioether (sulfide) groups is 2. The molecule has 0 aromatic heterocycles. The lowest BCUT2D eigenvalue weighted by molar-refractivity contribution is 0.965. The van der Waals surface area contributed by atoms with Gasteiger partial charge in [0.05, 0.1) is 4.08 Å². The van der Waals surface area contributed by atoms with Gasteiger partial charge in [-0.05, 0) is 59.4 Å². The van der Waals surface area contributed by atoms with Crippen LogP contribution < -0.4 is 5.32 Å². The van der Waals surface area contributed by atoms with E-state index in [1.165, 1.54) is 39.9 Å². The second kappa shape index (κ2) is 5.29. The zero-order chi connectivity index (χ0) is 13.3. The van der Waals surface area contributed by atoms with E-state index < -0.39 is 0 Å². The minimum Gasteiger partial charge on any atom is -0.388 e. The van der Waals surface area contributed by atoms with E-state index in [4.69, 9.17) is 0 Å². The highest BCUT2D eigenvalue weighted by atomic mass is 32.2. The standard InChI is InChI=1S/C16H19NS2/c1-16(18-8-3-9-19-16)14-6-4-13-11-15(17-2)7-5-12(13)10-14/h4-7,10-11,17H,3,8-9H2,1-2H3. The molecule has 100 valence electrons. The molecule has 0 aliphatic carbocycles. The average molecular weight is 289 g/mol. The zero-order valence-corrected chi connectivity index (χ0v) is 13.0. The van der Waals surface area contributed by atoms with Crippen molar-refractivity contribution in [2.45, 2.75) is 17.4 Å². The lowest BCUT2D eigenvalue weighted by Gasteiger charge is -2.33. The van der Waals surface area contributed by atoms with Crippen molar-refractivity contribution >= 4 is 40.0 Å². The second-order valence-electron chi connectivity index (χ2n) is 5.02. The Morgan fingerprint density at radius 2 is 1.68 bits per heavy atom. The number of hydrogen-bond acceptors (Lipinski definition) is 3. The Balaban J connectivity index is 2.01. The van der Waals surface area contributed by atoms with Gasteiger partial charge in [-0.3, -0.25) is 0 Å². The van der Waals surface area contributed by atoms with Gasteiger partial charge in [-0.25, -0.2) is 0 Å². The largest absolute Gasteiger partial charge is 0.388 e. The summed E-state index contributed by atoms with van der Waals surface area (Å²) in [5.74, 6) is 2.56. The van der Waals surface area contributed by atoms with Crippen molar-refractivity contribution < 1.29 is 0 Å². The molecule has 0 amide bonds. The summed E-state index contributed by atoms with van der Waals surface area (Å²) < 4.78 is 0.230. The van der Waals surface area contributed by atoms with Crippen molar-refractivity contribution in [2.24, 2.45) is 0 Å². The van der Waals surface area contributed by atoms with Gasteiger partial charge >= 0.3 is 0 Å². The third-order valence-corrected chi connectivity index (χ3v) is 6.96. The van der Waals surface area contributed by atoms with Crippen LogP contribution >= 0.6 is 23.5 Å². The van der Waals surface area contributed by atoms with E-state index in [0.717, 1.165) is 0 Å². The Morgan fingerprint density at radius 3 is 2.42 bits per heavy atom. The monoisotopic (exact) mass is 289 g/mol. The molecule has 0 bridgehead atoms. The van der Waals surface area contributed by atoms with Crippen LogP contribution in [0.2, 0.25) is 0 Å². The predicted molar refractivity (Wildman–Crippen MR) is 90.4 cm³/mol. The van der Waals surface area contributed by atoms with Crippen LogP contribution in [0.4, 0.5) is 5.69 Å². The molecule has 0 radical (unpaired) electrons. The Morgan fingerprint density at radius 1 is 1.00 bits per heavy atom. The molecule has 1 nitrogen and oxygen atoms in total. The second-order valence-corrected chi connectivity index (χ2v) is 8.31. The number of anilines is 1. The highest BCUT2D eigenvalue weighted by Gasteiger charge is 2.30. The summed E-state index contributed by atoms with van der Waals surface area (Å²) in [6, 6.07) is 13.5. The van der Waals surface area contributed by atoms with Crippen LogP contribution in [0.25, 0.3) is 10.8 Å². The maximum atomic E-state index is 3.20. The molecule has 2 aromatic rings. The van der Waals surface area contributed by atoms with Crippen molar-refractivity contribution in [3.63, 3.8) is 0 Å². The van der Waals surface area contributed by atoms with Crippen molar-refractivity contribution in [3.05, 3.63) is 42.0 Å². The van der Waals surface area contributed by atoms with Crippen LogP contribution in [0.15, 0.2) is 36.4 Å². The Labute approximate surface area is 123 Å². The molecule has 1 fully saturated rings. The molecule has 19 heavy (non-hydrogen) atoms. The smallest absolute Gasteiger partial charge is 0.0832 e. The third kappa shape index (κ3) is 2.59. The summed E-state index contributed by atoms with van der Waals surface area (Å²) >= 11 is 4.17. The van der Waals surface area contributed by atoms with E-state index in [1.807, 2.05) is 7.05 Å². The van der Waals surface area contributed by atoms with Crippen LogP contribution in [-0.2, 0) is 4.08 Å². The first-order valence-corrected chi connectivity index (χ1v) is 8.68. The van der Waals surface area contributed by atoms with Gasteiger partial charge < -0.3 is 5.32 Å². The number of nitrogens with one attached hydrogen (secondary N) is 1. The molecule has 0 atom stereocenters. The third-order valence-electron chi connectivity index (χ3n) is 3.70. The Kier molecular flexibility index (Phi) is 3.68. The molecule has 0 spiro atoms. The first-order chi connectivity index (χ1) is 9.21. The number of benzene rings is 2. The molecule has 1 aliphatic rings. The van der Waals surface area contributed by atoms with E-state index in [9.17, 15) is 0 Å². The van der Waals surface area contributed by atoms with E-state index in [1.54, 1.807) is 0 Å². The van der Waals surface area contributed by atoms with Gasteiger partial charge in [0.25, 0.3) is 0 Å². The van der Waals surface area contributed by atoms with Gasteiger partial charge in [-0.15, -0.1) is 23.5 Å². The summed E-state index contributed by atoms with van der Waals surface area (Å²) in [5, 5.41) is 5.84. The van der Waals surface area contributed by atoms with Crippen LogP contribution in [-0.4, -0.2) is 18.6 Å². The molecule has 1 saturated heterocycles. The maximum absolute atomic E-state index is 3.20. The number of hydrogen-bond donors (Lipinski definition) is 1. The van der Waals surface area contributed by atoms with Gasteiger partial charge in [0, 0.05) is 12.7 Å². The molecular weight excluding hydrogens is 270 g/mol. The van der Waals surface area contributed by atoms with E-state index in [0.29, 0.717) is 0 Å². The molecule has 3 rings (SSSR count). The van der Waals surface area contributed by atoms with Gasteiger partial charge in [0.15, 0.2) is 0 Å². The fourth-order valence-electron chi connectivity index (χ4n) is 2.48. The molecule has 3 heteroatoms. The summed E-state index contributed by atoms with van der Waals surface area (Å²) in [4.78, 5) is 0. The number of fused-ring (bicyclic) bond motifs is 1. The minimum absolute atomic E-state index is 0.230. The summed E-state index contributed by atoms with van der Waals surface area (Å²) in [7, 11) is 1.96. The average Bonchev–Trinajstić information content (AvgIpc) is 2.47. The lowest BCUT2D eigenvalue weighted by Crippen LogP contribution is -2.18. The molecule has 0 saturated carbocycles. The van der Waals surface area contributed by atoms with Gasteiger partial charge in [-0.1, -0.05) is 18.2 Å². The predicted octanol–water partition coefficient (Wildman–Crippen LogP) is 4.92. The molecular formula is C16H19NS2. The minimum atomic E-state index is 0.230. The van der Waals surface area contributed by atoms with Crippen LogP contribution in [0.5, 0.6) is 0 Å². The van der Waals surface area contributed by atoms with Crippen molar-refractivity contribution in [1.29, 1.82) is 0 Å². The van der Waals surface area contributed by atoms with Crippen LogP contribution in [0.3, 0.4) is 0 Å². The van der Waals surface area contributed by atoms with Crippen LogP contribution in [0.1, 0.15) is 18.9 Å². The van der Waals surface area contributed by atoms with Crippen molar-refractivity contribution in [1.82, 2.24) is 0 Å². The molecule has 1 heterocycles. The number of rotatable bonds is 2. The molecule has 0 unspecified atom stereocenters. The quantitative estimate of drug-likeness (QED) is 0.842. The highest BCUT2D eigenvalue weighted by molar-refractivity contribution is 8.18. The maximum Gasteiger partial charge on any atom is 0.0832 e. The SMILES string of the molecule is CNc1ccc2cc(C3(C)SCCCS3)ccc2c1.